The standard InChI is InChI=1S/C17H18N2O2/c20-16(9-11-3-1-2-4-11)18-13-7-8-15-14(10-13)19-17(21-15)12-5-6-12/h1,3,7-8,10-12H,2,4-6,9H2,(H,18,20). The van der Waals surface area contributed by atoms with E-state index in [0.29, 0.717) is 18.3 Å². The first-order valence-electron chi connectivity index (χ1n) is 7.65. The van der Waals surface area contributed by atoms with Crippen LogP contribution in [0.1, 0.15) is 43.9 Å². The molecule has 1 atom stereocenters. The summed E-state index contributed by atoms with van der Waals surface area (Å²) in [7, 11) is 0. The van der Waals surface area contributed by atoms with Crippen LogP contribution in [0, 0.1) is 5.92 Å². The normalized spacial score (nSPS) is 21.0. The van der Waals surface area contributed by atoms with Gasteiger partial charge in [-0.1, -0.05) is 12.2 Å². The van der Waals surface area contributed by atoms with E-state index >= 15 is 0 Å². The number of amides is 1. The van der Waals surface area contributed by atoms with Crippen LogP contribution in [0.4, 0.5) is 5.69 Å². The summed E-state index contributed by atoms with van der Waals surface area (Å²) >= 11 is 0. The van der Waals surface area contributed by atoms with Crippen LogP contribution in [-0.2, 0) is 4.79 Å². The van der Waals surface area contributed by atoms with Gasteiger partial charge in [0.05, 0.1) is 0 Å². The number of anilines is 1. The molecule has 21 heavy (non-hydrogen) atoms. The summed E-state index contributed by atoms with van der Waals surface area (Å²) < 4.78 is 5.73. The van der Waals surface area contributed by atoms with Crippen LogP contribution in [0.25, 0.3) is 11.1 Å². The highest BCUT2D eigenvalue weighted by Gasteiger charge is 2.28. The number of allylic oxidation sites excluding steroid dienone is 2. The second-order valence-corrected chi connectivity index (χ2v) is 6.03. The fraction of sp³-hybridized carbons (Fsp3) is 0.412. The lowest BCUT2D eigenvalue weighted by Crippen LogP contribution is -2.14. The number of benzene rings is 1. The topological polar surface area (TPSA) is 55.1 Å². The van der Waals surface area contributed by atoms with Crippen LogP contribution in [0.5, 0.6) is 0 Å². The number of nitrogens with one attached hydrogen (secondary N) is 1. The molecule has 108 valence electrons. The van der Waals surface area contributed by atoms with Gasteiger partial charge in [0.1, 0.15) is 5.52 Å². The molecule has 0 spiro atoms. The van der Waals surface area contributed by atoms with Crippen LogP contribution in [0.15, 0.2) is 34.8 Å². The monoisotopic (exact) mass is 282 g/mol. The molecule has 4 heteroatoms. The minimum absolute atomic E-state index is 0.0665. The van der Waals surface area contributed by atoms with E-state index in [9.17, 15) is 4.79 Å². The van der Waals surface area contributed by atoms with Gasteiger partial charge in [-0.2, -0.15) is 0 Å². The average molecular weight is 282 g/mol. The highest BCUT2D eigenvalue weighted by Crippen LogP contribution is 2.40. The Morgan fingerprint density at radius 1 is 1.33 bits per heavy atom. The zero-order valence-corrected chi connectivity index (χ0v) is 11.8. The number of aromatic nitrogens is 1. The SMILES string of the molecule is O=C(CC1C=CCC1)Nc1ccc2oc(C3CC3)nc2c1. The minimum atomic E-state index is 0.0665. The van der Waals surface area contributed by atoms with Crippen LogP contribution in [-0.4, -0.2) is 10.9 Å². The van der Waals surface area contributed by atoms with Gasteiger partial charge < -0.3 is 9.73 Å². The van der Waals surface area contributed by atoms with Crippen molar-refractivity contribution in [2.75, 3.05) is 5.32 Å². The summed E-state index contributed by atoms with van der Waals surface area (Å²) in [5.41, 5.74) is 2.43. The molecular formula is C17H18N2O2. The van der Waals surface area contributed by atoms with Crippen LogP contribution < -0.4 is 5.32 Å². The van der Waals surface area contributed by atoms with Gasteiger partial charge in [0.25, 0.3) is 0 Å². The molecule has 0 bridgehead atoms. The van der Waals surface area contributed by atoms with Crippen molar-refractivity contribution in [3.8, 4) is 0 Å². The Balaban J connectivity index is 1.47. The minimum Gasteiger partial charge on any atom is -0.440 e. The number of hydrogen-bond acceptors (Lipinski definition) is 3. The second-order valence-electron chi connectivity index (χ2n) is 6.03. The Hall–Kier alpha value is -2.10. The zero-order valence-electron chi connectivity index (χ0n) is 11.8. The highest BCUT2D eigenvalue weighted by atomic mass is 16.3. The second kappa shape index (κ2) is 5.02. The molecule has 1 unspecified atom stereocenters. The van der Waals surface area contributed by atoms with Gasteiger partial charge in [-0.3, -0.25) is 4.79 Å². The van der Waals surface area contributed by atoms with Gasteiger partial charge in [0.2, 0.25) is 5.91 Å². The Labute approximate surface area is 123 Å². The van der Waals surface area contributed by atoms with E-state index in [1.165, 1.54) is 12.8 Å². The maximum Gasteiger partial charge on any atom is 0.224 e. The molecule has 1 amide bonds. The van der Waals surface area contributed by atoms with Gasteiger partial charge in [-0.05, 0) is 49.8 Å². The van der Waals surface area contributed by atoms with Crippen molar-refractivity contribution >= 4 is 22.7 Å². The van der Waals surface area contributed by atoms with Crippen molar-refractivity contribution < 1.29 is 9.21 Å². The molecule has 1 fully saturated rings. The third-order valence-electron chi connectivity index (χ3n) is 4.17. The van der Waals surface area contributed by atoms with Crippen molar-refractivity contribution in [3.05, 3.63) is 36.2 Å². The molecule has 1 N–H and O–H groups in total. The fourth-order valence-corrected chi connectivity index (χ4v) is 2.84. The number of nitrogens with zero attached hydrogens (tertiary/aromatic N) is 1. The Bertz CT molecular complexity index is 713. The number of oxazole rings is 1. The summed E-state index contributed by atoms with van der Waals surface area (Å²) in [6.45, 7) is 0. The average Bonchev–Trinajstić information content (AvgIpc) is 3.03. The lowest BCUT2D eigenvalue weighted by Gasteiger charge is -2.08. The molecule has 1 saturated carbocycles. The van der Waals surface area contributed by atoms with E-state index in [2.05, 4.69) is 22.5 Å². The summed E-state index contributed by atoms with van der Waals surface area (Å²) in [5, 5.41) is 2.96. The summed E-state index contributed by atoms with van der Waals surface area (Å²) in [5.74, 6) is 1.80. The summed E-state index contributed by atoms with van der Waals surface area (Å²) in [4.78, 5) is 16.6. The molecule has 0 radical (unpaired) electrons. The van der Waals surface area contributed by atoms with Gasteiger partial charge in [0, 0.05) is 18.0 Å². The van der Waals surface area contributed by atoms with E-state index in [0.717, 1.165) is 35.5 Å². The quantitative estimate of drug-likeness (QED) is 0.862. The fourth-order valence-electron chi connectivity index (χ4n) is 2.84. The molecule has 2 aromatic rings. The maximum absolute atomic E-state index is 12.0. The number of hydrogen-bond donors (Lipinski definition) is 1. The van der Waals surface area contributed by atoms with Crippen LogP contribution >= 0.6 is 0 Å². The van der Waals surface area contributed by atoms with E-state index in [1.807, 2.05) is 18.2 Å². The molecule has 4 nitrogen and oxygen atoms in total. The number of fused-ring (bicyclic) bond motifs is 1. The summed E-state index contributed by atoms with van der Waals surface area (Å²) in [6, 6.07) is 5.67. The number of carbonyl (C=O) groups excluding carboxylic acids is 1. The van der Waals surface area contributed by atoms with Gasteiger partial charge >= 0.3 is 0 Å². The first-order chi connectivity index (χ1) is 10.3. The maximum atomic E-state index is 12.0. The smallest absolute Gasteiger partial charge is 0.224 e. The Morgan fingerprint density at radius 3 is 3.00 bits per heavy atom. The van der Waals surface area contributed by atoms with Gasteiger partial charge in [-0.15, -0.1) is 0 Å². The molecule has 0 aliphatic heterocycles. The highest BCUT2D eigenvalue weighted by molar-refractivity contribution is 5.93. The van der Waals surface area contributed by atoms with E-state index < -0.39 is 0 Å². The largest absolute Gasteiger partial charge is 0.440 e. The molecule has 4 rings (SSSR count). The summed E-state index contributed by atoms with van der Waals surface area (Å²) in [6.07, 6.45) is 9.37. The molecule has 1 aromatic heterocycles. The van der Waals surface area contributed by atoms with Crippen LogP contribution in [0.2, 0.25) is 0 Å². The van der Waals surface area contributed by atoms with E-state index in [-0.39, 0.29) is 5.91 Å². The molecule has 1 aromatic carbocycles. The van der Waals surface area contributed by atoms with Crippen molar-refractivity contribution in [1.29, 1.82) is 0 Å². The molecule has 1 heterocycles. The van der Waals surface area contributed by atoms with Crippen LogP contribution in [0.3, 0.4) is 0 Å². The first-order valence-corrected chi connectivity index (χ1v) is 7.65. The molecular weight excluding hydrogens is 264 g/mol. The van der Waals surface area contributed by atoms with E-state index in [1.54, 1.807) is 0 Å². The van der Waals surface area contributed by atoms with Crippen molar-refractivity contribution in [2.24, 2.45) is 5.92 Å². The van der Waals surface area contributed by atoms with Gasteiger partial charge in [-0.25, -0.2) is 4.98 Å². The molecule has 2 aliphatic carbocycles. The molecule has 2 aliphatic rings. The Kier molecular flexibility index (Phi) is 3.02. The predicted molar refractivity (Wildman–Crippen MR) is 81.1 cm³/mol. The van der Waals surface area contributed by atoms with Crippen molar-refractivity contribution in [2.45, 2.75) is 38.0 Å². The lowest BCUT2D eigenvalue weighted by atomic mass is 10.1. The zero-order chi connectivity index (χ0) is 14.2. The third-order valence-corrected chi connectivity index (χ3v) is 4.17. The number of rotatable bonds is 4. The van der Waals surface area contributed by atoms with Crippen molar-refractivity contribution in [1.82, 2.24) is 4.98 Å². The lowest BCUT2D eigenvalue weighted by molar-refractivity contribution is -0.116. The van der Waals surface area contributed by atoms with E-state index in [4.69, 9.17) is 4.42 Å². The predicted octanol–water partition coefficient (Wildman–Crippen LogP) is 4.00. The Morgan fingerprint density at radius 2 is 2.24 bits per heavy atom. The van der Waals surface area contributed by atoms with Crippen molar-refractivity contribution in [3.63, 3.8) is 0 Å². The third kappa shape index (κ3) is 2.71. The molecule has 0 saturated heterocycles. The van der Waals surface area contributed by atoms with Gasteiger partial charge in [0.15, 0.2) is 11.5 Å². The number of carbonyl (C=O) groups is 1. The first kappa shape index (κ1) is 12.6.